The van der Waals surface area contributed by atoms with E-state index >= 15 is 0 Å². The second-order valence-electron chi connectivity index (χ2n) is 5.38. The van der Waals surface area contributed by atoms with Crippen LogP contribution in [0.4, 0.5) is 5.69 Å². The Morgan fingerprint density at radius 3 is 2.43 bits per heavy atom. The molecule has 0 aromatic heterocycles. The van der Waals surface area contributed by atoms with Crippen molar-refractivity contribution in [3.8, 4) is 0 Å². The number of nitro groups is 1. The van der Waals surface area contributed by atoms with E-state index in [1.165, 1.54) is 17.3 Å². The van der Waals surface area contributed by atoms with Crippen LogP contribution in [0.5, 0.6) is 0 Å². The topological polar surface area (TPSA) is 101 Å². The maximum absolute atomic E-state index is 12.7. The molecule has 0 spiro atoms. The lowest BCUT2D eigenvalue weighted by molar-refractivity contribution is -0.386. The molecule has 1 aliphatic heterocycles. The molecule has 1 heterocycles. The number of hydrogen-bond acceptors (Lipinski definition) is 5. The molecule has 116 valence electrons. The minimum atomic E-state index is -3.84. The summed E-state index contributed by atoms with van der Waals surface area (Å²) in [5, 5.41) is 20.7. The molecule has 1 atom stereocenters. The van der Waals surface area contributed by atoms with Crippen molar-refractivity contribution in [1.29, 1.82) is 0 Å². The Hall–Kier alpha value is -1.51. The maximum Gasteiger partial charge on any atom is 0.276 e. The molecule has 1 unspecified atom stereocenters. The first-order valence-corrected chi connectivity index (χ1v) is 8.03. The van der Waals surface area contributed by atoms with Gasteiger partial charge in [-0.25, -0.2) is 8.42 Å². The third-order valence-corrected chi connectivity index (χ3v) is 5.92. The van der Waals surface area contributed by atoms with E-state index in [9.17, 15) is 23.6 Å². The first-order chi connectivity index (χ1) is 9.66. The monoisotopic (exact) mass is 314 g/mol. The quantitative estimate of drug-likeness (QED) is 0.669. The Morgan fingerprint density at radius 1 is 1.33 bits per heavy atom. The number of benzene rings is 1. The summed E-state index contributed by atoms with van der Waals surface area (Å²) in [5.41, 5.74) is 0.908. The highest BCUT2D eigenvalue weighted by Gasteiger charge is 2.36. The summed E-state index contributed by atoms with van der Waals surface area (Å²) in [6, 6.07) is 1.52. The molecule has 1 aliphatic rings. The number of aliphatic hydroxyl groups is 1. The molecule has 1 fully saturated rings. The number of aliphatic hydroxyl groups excluding tert-OH is 1. The standard InChI is InChI=1S/C13H18N2O5S/c1-8-6-9(2)13(10(3)12(8)15(17)18)21(19,20)14-5-4-11(16)7-14/h6,11,16H,4-5,7H2,1-3H3. The Bertz CT molecular complexity index is 699. The second kappa shape index (κ2) is 5.36. The van der Waals surface area contributed by atoms with Crippen molar-refractivity contribution < 1.29 is 18.4 Å². The average Bonchev–Trinajstić information content (AvgIpc) is 2.74. The molecule has 0 radical (unpaired) electrons. The Balaban J connectivity index is 2.64. The van der Waals surface area contributed by atoms with E-state index < -0.39 is 21.1 Å². The van der Waals surface area contributed by atoms with E-state index in [0.29, 0.717) is 17.5 Å². The summed E-state index contributed by atoms with van der Waals surface area (Å²) in [5.74, 6) is 0. The van der Waals surface area contributed by atoms with Gasteiger partial charge in [0.25, 0.3) is 5.69 Å². The molecule has 0 saturated carbocycles. The van der Waals surface area contributed by atoms with E-state index in [1.54, 1.807) is 13.8 Å². The van der Waals surface area contributed by atoms with Gasteiger partial charge < -0.3 is 5.11 Å². The zero-order chi connectivity index (χ0) is 15.9. The van der Waals surface area contributed by atoms with E-state index in [1.807, 2.05) is 0 Å². The Labute approximate surface area is 123 Å². The number of aryl methyl sites for hydroxylation is 2. The van der Waals surface area contributed by atoms with Crippen molar-refractivity contribution in [3.05, 3.63) is 32.9 Å². The van der Waals surface area contributed by atoms with Crippen molar-refractivity contribution >= 4 is 15.7 Å². The molecule has 0 aliphatic carbocycles. The van der Waals surface area contributed by atoms with Gasteiger partial charge in [0, 0.05) is 24.2 Å². The average molecular weight is 314 g/mol. The van der Waals surface area contributed by atoms with Crippen LogP contribution in [0.1, 0.15) is 23.1 Å². The van der Waals surface area contributed by atoms with Gasteiger partial charge in [0.15, 0.2) is 0 Å². The smallest absolute Gasteiger partial charge is 0.276 e. The second-order valence-corrected chi connectivity index (χ2v) is 7.25. The molecular weight excluding hydrogens is 296 g/mol. The summed E-state index contributed by atoms with van der Waals surface area (Å²) >= 11 is 0. The van der Waals surface area contributed by atoms with Crippen molar-refractivity contribution in [3.63, 3.8) is 0 Å². The van der Waals surface area contributed by atoms with Crippen molar-refractivity contribution in [2.24, 2.45) is 0 Å². The molecule has 7 nitrogen and oxygen atoms in total. The van der Waals surface area contributed by atoms with Gasteiger partial charge in [0.1, 0.15) is 0 Å². The molecule has 1 saturated heterocycles. The summed E-state index contributed by atoms with van der Waals surface area (Å²) in [4.78, 5) is 10.6. The number of nitro benzene ring substituents is 1. The van der Waals surface area contributed by atoms with Gasteiger partial charge in [-0.05, 0) is 38.8 Å². The molecule has 0 amide bonds. The highest BCUT2D eigenvalue weighted by molar-refractivity contribution is 7.89. The van der Waals surface area contributed by atoms with E-state index in [0.717, 1.165) is 0 Å². The third-order valence-electron chi connectivity index (χ3n) is 3.77. The van der Waals surface area contributed by atoms with Crippen LogP contribution in [0, 0.1) is 30.9 Å². The molecular formula is C13H18N2O5S. The third kappa shape index (κ3) is 2.66. The highest BCUT2D eigenvalue weighted by Crippen LogP contribution is 2.34. The van der Waals surface area contributed by atoms with E-state index in [-0.39, 0.29) is 29.2 Å². The number of β-amino-alcohol motifs (C(OH)–C–C–N with tert-alkyl or cyclic N) is 1. The first-order valence-electron chi connectivity index (χ1n) is 6.59. The highest BCUT2D eigenvalue weighted by atomic mass is 32.2. The summed E-state index contributed by atoms with van der Waals surface area (Å²) in [7, 11) is -3.84. The van der Waals surface area contributed by atoms with Crippen molar-refractivity contribution in [1.82, 2.24) is 4.31 Å². The fraction of sp³-hybridized carbons (Fsp3) is 0.538. The number of hydrogen-bond donors (Lipinski definition) is 1. The summed E-state index contributed by atoms with van der Waals surface area (Å²) < 4.78 is 26.6. The minimum absolute atomic E-state index is 0.0195. The molecule has 0 bridgehead atoms. The van der Waals surface area contributed by atoms with Crippen LogP contribution >= 0.6 is 0 Å². The number of nitrogens with zero attached hydrogens (tertiary/aromatic N) is 2. The van der Waals surface area contributed by atoms with E-state index in [4.69, 9.17) is 0 Å². The molecule has 1 aromatic rings. The fourth-order valence-corrected chi connectivity index (χ4v) is 4.82. The van der Waals surface area contributed by atoms with Gasteiger partial charge in [-0.15, -0.1) is 0 Å². The Kier molecular flexibility index (Phi) is 4.05. The lowest BCUT2D eigenvalue weighted by Crippen LogP contribution is -2.31. The minimum Gasteiger partial charge on any atom is -0.392 e. The summed E-state index contributed by atoms with van der Waals surface area (Å²) in [6.45, 7) is 4.93. The fourth-order valence-electron chi connectivity index (χ4n) is 2.89. The number of rotatable bonds is 3. The SMILES string of the molecule is Cc1cc(C)c(S(=O)(=O)N2CCC(O)C2)c(C)c1[N+](=O)[O-]. The van der Waals surface area contributed by atoms with Gasteiger partial charge in [-0.1, -0.05) is 0 Å². The van der Waals surface area contributed by atoms with Gasteiger partial charge in [-0.2, -0.15) is 4.31 Å². The van der Waals surface area contributed by atoms with Crippen LogP contribution in [0.2, 0.25) is 0 Å². The summed E-state index contributed by atoms with van der Waals surface area (Å²) in [6.07, 6.45) is -0.300. The van der Waals surface area contributed by atoms with Gasteiger partial charge >= 0.3 is 0 Å². The maximum atomic E-state index is 12.7. The van der Waals surface area contributed by atoms with Crippen LogP contribution in [0.3, 0.4) is 0 Å². The zero-order valence-corrected chi connectivity index (χ0v) is 13.0. The molecule has 8 heteroatoms. The largest absolute Gasteiger partial charge is 0.392 e. The lowest BCUT2D eigenvalue weighted by atomic mass is 10.1. The molecule has 2 rings (SSSR count). The first kappa shape index (κ1) is 15.9. The van der Waals surface area contributed by atoms with Crippen LogP contribution in [-0.4, -0.2) is 41.9 Å². The van der Waals surface area contributed by atoms with Gasteiger partial charge in [0.2, 0.25) is 10.0 Å². The van der Waals surface area contributed by atoms with Crippen LogP contribution in [0.15, 0.2) is 11.0 Å². The van der Waals surface area contributed by atoms with Crippen molar-refractivity contribution in [2.45, 2.75) is 38.2 Å². The predicted molar refractivity (Wildman–Crippen MR) is 76.7 cm³/mol. The van der Waals surface area contributed by atoms with Crippen LogP contribution < -0.4 is 0 Å². The van der Waals surface area contributed by atoms with Gasteiger partial charge in [-0.3, -0.25) is 10.1 Å². The lowest BCUT2D eigenvalue weighted by Gasteiger charge is -2.19. The molecule has 1 N–H and O–H groups in total. The number of sulfonamides is 1. The van der Waals surface area contributed by atoms with Crippen LogP contribution in [0.25, 0.3) is 0 Å². The van der Waals surface area contributed by atoms with E-state index in [2.05, 4.69) is 0 Å². The Morgan fingerprint density at radius 2 is 1.95 bits per heavy atom. The predicted octanol–water partition coefficient (Wildman–Crippen LogP) is 1.28. The molecule has 1 aromatic carbocycles. The normalized spacial score (nSPS) is 19.9. The van der Waals surface area contributed by atoms with Crippen LogP contribution in [-0.2, 0) is 10.0 Å². The zero-order valence-electron chi connectivity index (χ0n) is 12.2. The van der Waals surface area contributed by atoms with Gasteiger partial charge in [0.05, 0.1) is 15.9 Å². The molecule has 21 heavy (non-hydrogen) atoms. The van der Waals surface area contributed by atoms with Crippen molar-refractivity contribution in [2.75, 3.05) is 13.1 Å².